The number of amidine groups is 1. The predicted molar refractivity (Wildman–Crippen MR) is 54.1 cm³/mol. The molecule has 15 heavy (non-hydrogen) atoms. The number of hydrogen-bond donors (Lipinski definition) is 2. The van der Waals surface area contributed by atoms with Gasteiger partial charge in [0.2, 0.25) is 0 Å². The molecule has 0 saturated heterocycles. The van der Waals surface area contributed by atoms with Crippen molar-refractivity contribution < 1.29 is 14.4 Å². The lowest BCUT2D eigenvalue weighted by Crippen LogP contribution is -2.35. The van der Waals surface area contributed by atoms with Gasteiger partial charge in [-0.2, -0.15) is 0 Å². The van der Waals surface area contributed by atoms with E-state index in [0.717, 1.165) is 0 Å². The van der Waals surface area contributed by atoms with Crippen molar-refractivity contribution in [1.29, 1.82) is 0 Å². The molecule has 0 spiro atoms. The smallest absolute Gasteiger partial charge is 0.289 e. The molecule has 0 atom stereocenters. The number of carbonyl (C=O) groups is 1. The third-order valence-electron chi connectivity index (χ3n) is 1.66. The molecule has 0 aliphatic carbocycles. The van der Waals surface area contributed by atoms with Crippen LogP contribution in [-0.2, 0) is 0 Å². The van der Waals surface area contributed by atoms with E-state index in [0.29, 0.717) is 0 Å². The Balaban J connectivity index is 2.69. The Morgan fingerprint density at radius 1 is 1.73 bits per heavy atom. The highest BCUT2D eigenvalue weighted by Crippen LogP contribution is 2.14. The normalized spacial score (nSPS) is 11.5. The first-order chi connectivity index (χ1) is 7.04. The van der Waals surface area contributed by atoms with Crippen molar-refractivity contribution in [3.63, 3.8) is 0 Å². The van der Waals surface area contributed by atoms with Crippen LogP contribution in [0.5, 0.6) is 0 Å². The maximum atomic E-state index is 11.6. The largest absolute Gasteiger partial charge is 0.440 e. The molecule has 82 valence electrons. The van der Waals surface area contributed by atoms with Crippen molar-refractivity contribution in [2.75, 3.05) is 13.6 Å². The number of halogens is 1. The van der Waals surface area contributed by atoms with Gasteiger partial charge >= 0.3 is 0 Å². The Bertz CT molecular complexity index is 388. The summed E-state index contributed by atoms with van der Waals surface area (Å²) in [7, 11) is 1.50. The molecule has 0 bridgehead atoms. The number of nitrogens with two attached hydrogens (primary N) is 1. The van der Waals surface area contributed by atoms with Crippen LogP contribution in [0.1, 0.15) is 10.6 Å². The minimum absolute atomic E-state index is 0.00759. The van der Waals surface area contributed by atoms with E-state index in [1.807, 2.05) is 0 Å². The van der Waals surface area contributed by atoms with Gasteiger partial charge in [0.25, 0.3) is 5.91 Å². The number of amides is 1. The Morgan fingerprint density at radius 2 is 2.40 bits per heavy atom. The van der Waals surface area contributed by atoms with E-state index in [1.165, 1.54) is 24.1 Å². The molecule has 0 aliphatic rings. The van der Waals surface area contributed by atoms with Gasteiger partial charge in [0.15, 0.2) is 16.8 Å². The average Bonchev–Trinajstić information content (AvgIpc) is 2.63. The summed E-state index contributed by atoms with van der Waals surface area (Å²) < 4.78 is 4.91. The highest BCUT2D eigenvalue weighted by molar-refractivity contribution is 6.29. The maximum Gasteiger partial charge on any atom is 0.289 e. The summed E-state index contributed by atoms with van der Waals surface area (Å²) in [5.41, 5.74) is 5.24. The maximum absolute atomic E-state index is 11.6. The Morgan fingerprint density at radius 3 is 2.87 bits per heavy atom. The van der Waals surface area contributed by atoms with E-state index in [2.05, 4.69) is 5.16 Å². The monoisotopic (exact) mass is 231 g/mol. The molecule has 0 fully saturated rings. The van der Waals surface area contributed by atoms with E-state index in [9.17, 15) is 4.79 Å². The first-order valence-electron chi connectivity index (χ1n) is 4.01. The van der Waals surface area contributed by atoms with Crippen LogP contribution >= 0.6 is 11.6 Å². The minimum atomic E-state index is -0.395. The highest BCUT2D eigenvalue weighted by atomic mass is 35.5. The van der Waals surface area contributed by atoms with E-state index < -0.39 is 5.91 Å². The summed E-state index contributed by atoms with van der Waals surface area (Å²) in [6.07, 6.45) is 0. The fraction of sp³-hybridized carbons (Fsp3) is 0.250. The number of nitrogens with zero attached hydrogens (tertiary/aromatic N) is 2. The van der Waals surface area contributed by atoms with Crippen molar-refractivity contribution in [3.8, 4) is 0 Å². The number of furan rings is 1. The van der Waals surface area contributed by atoms with Crippen LogP contribution in [0.3, 0.4) is 0 Å². The van der Waals surface area contributed by atoms with E-state index in [1.54, 1.807) is 0 Å². The fourth-order valence-electron chi connectivity index (χ4n) is 0.964. The summed E-state index contributed by atoms with van der Waals surface area (Å²) >= 11 is 5.52. The van der Waals surface area contributed by atoms with E-state index in [-0.39, 0.29) is 23.4 Å². The molecular formula is C8H10ClN3O3. The molecule has 1 aromatic heterocycles. The second-order valence-corrected chi connectivity index (χ2v) is 3.23. The molecule has 7 heteroatoms. The zero-order chi connectivity index (χ0) is 11.4. The van der Waals surface area contributed by atoms with Crippen LogP contribution in [0.15, 0.2) is 21.7 Å². The van der Waals surface area contributed by atoms with Gasteiger partial charge in [-0.1, -0.05) is 5.16 Å². The van der Waals surface area contributed by atoms with Gasteiger partial charge in [-0.15, -0.1) is 0 Å². The predicted octanol–water partition coefficient (Wildman–Crippen LogP) is 0.751. The summed E-state index contributed by atoms with van der Waals surface area (Å²) in [6.45, 7) is 0.00759. The average molecular weight is 232 g/mol. The summed E-state index contributed by atoms with van der Waals surface area (Å²) in [5, 5.41) is 11.2. The number of oxime groups is 1. The van der Waals surface area contributed by atoms with Crippen LogP contribution in [0.4, 0.5) is 0 Å². The lowest BCUT2D eigenvalue weighted by Gasteiger charge is -2.13. The summed E-state index contributed by atoms with van der Waals surface area (Å²) in [6, 6.07) is 2.92. The molecule has 1 amide bonds. The van der Waals surface area contributed by atoms with Crippen molar-refractivity contribution in [2.24, 2.45) is 10.9 Å². The van der Waals surface area contributed by atoms with Gasteiger partial charge in [-0.05, 0) is 23.7 Å². The Hall–Kier alpha value is -1.69. The lowest BCUT2D eigenvalue weighted by atomic mass is 10.4. The lowest BCUT2D eigenvalue weighted by molar-refractivity contribution is 0.0782. The van der Waals surface area contributed by atoms with Gasteiger partial charge in [0.1, 0.15) is 0 Å². The third-order valence-corrected chi connectivity index (χ3v) is 1.86. The molecule has 3 N–H and O–H groups in total. The molecule has 0 radical (unpaired) electrons. The van der Waals surface area contributed by atoms with Crippen LogP contribution in [0.2, 0.25) is 5.22 Å². The van der Waals surface area contributed by atoms with Crippen LogP contribution in [-0.4, -0.2) is 35.4 Å². The fourth-order valence-corrected chi connectivity index (χ4v) is 1.11. The van der Waals surface area contributed by atoms with Crippen molar-refractivity contribution >= 4 is 23.3 Å². The SMILES string of the molecule is CN(C/C(N)=N/O)C(=O)c1ccc(Cl)o1. The molecule has 1 heterocycles. The zero-order valence-corrected chi connectivity index (χ0v) is 8.73. The molecule has 0 saturated carbocycles. The molecule has 1 aromatic rings. The Labute approximate surface area is 90.9 Å². The van der Waals surface area contributed by atoms with Gasteiger partial charge in [-0.25, -0.2) is 0 Å². The van der Waals surface area contributed by atoms with E-state index >= 15 is 0 Å². The van der Waals surface area contributed by atoms with Crippen LogP contribution in [0, 0.1) is 0 Å². The van der Waals surface area contributed by atoms with Crippen molar-refractivity contribution in [2.45, 2.75) is 0 Å². The molecular weight excluding hydrogens is 222 g/mol. The first kappa shape index (κ1) is 11.4. The Kier molecular flexibility index (Phi) is 3.56. The van der Waals surface area contributed by atoms with Gasteiger partial charge in [0.05, 0.1) is 6.54 Å². The van der Waals surface area contributed by atoms with Gasteiger partial charge < -0.3 is 20.3 Å². The number of rotatable bonds is 3. The van der Waals surface area contributed by atoms with Crippen LogP contribution < -0.4 is 5.73 Å². The quantitative estimate of drug-likeness (QED) is 0.348. The number of likely N-dealkylation sites (N-methyl/N-ethyl adjacent to an activating group) is 1. The molecule has 0 aromatic carbocycles. The minimum Gasteiger partial charge on any atom is -0.440 e. The van der Waals surface area contributed by atoms with Gasteiger partial charge in [0, 0.05) is 7.05 Å². The van der Waals surface area contributed by atoms with Gasteiger partial charge in [-0.3, -0.25) is 4.79 Å². The second kappa shape index (κ2) is 4.70. The summed E-state index contributed by atoms with van der Waals surface area (Å²) in [4.78, 5) is 12.8. The second-order valence-electron chi connectivity index (χ2n) is 2.86. The first-order valence-corrected chi connectivity index (χ1v) is 4.39. The molecule has 1 rings (SSSR count). The number of hydrogen-bond acceptors (Lipinski definition) is 4. The molecule has 6 nitrogen and oxygen atoms in total. The number of carbonyl (C=O) groups excluding carboxylic acids is 1. The highest BCUT2D eigenvalue weighted by Gasteiger charge is 2.16. The molecule has 0 aliphatic heterocycles. The topological polar surface area (TPSA) is 92.1 Å². The third kappa shape index (κ3) is 2.88. The summed E-state index contributed by atoms with van der Waals surface area (Å²) in [5.74, 6) is -0.356. The van der Waals surface area contributed by atoms with Crippen molar-refractivity contribution in [3.05, 3.63) is 23.1 Å². The van der Waals surface area contributed by atoms with Crippen LogP contribution in [0.25, 0.3) is 0 Å². The molecule has 0 unspecified atom stereocenters. The standard InChI is InChI=1S/C8H10ClN3O3/c1-12(4-7(10)11-14)8(13)5-2-3-6(9)15-5/h2-3,14H,4H2,1H3,(H2,10,11). The van der Waals surface area contributed by atoms with Crippen molar-refractivity contribution in [1.82, 2.24) is 4.90 Å². The zero-order valence-electron chi connectivity index (χ0n) is 7.98. The van der Waals surface area contributed by atoms with E-state index in [4.69, 9.17) is 27.0 Å².